The lowest BCUT2D eigenvalue weighted by atomic mass is 9.95. The van der Waals surface area contributed by atoms with Crippen molar-refractivity contribution in [3.05, 3.63) is 218 Å². The minimum Gasteiger partial charge on any atom is -0.309 e. The average Bonchev–Trinajstić information content (AvgIpc) is 3.95. The first-order chi connectivity index (χ1) is 29.7. The highest BCUT2D eigenvalue weighted by atomic mass is 15.0. The Labute approximate surface area is 347 Å². The number of fused-ring (bicyclic) bond motifs is 9. The lowest BCUT2D eigenvalue weighted by molar-refractivity contribution is 1.18. The van der Waals surface area contributed by atoms with Crippen molar-refractivity contribution in [3.63, 3.8) is 0 Å². The average molecular weight is 761 g/mol. The van der Waals surface area contributed by atoms with E-state index in [0.717, 1.165) is 5.69 Å². The summed E-state index contributed by atoms with van der Waals surface area (Å²) in [4.78, 5) is 0. The molecule has 60 heavy (non-hydrogen) atoms. The highest BCUT2D eigenvalue weighted by Gasteiger charge is 2.22. The van der Waals surface area contributed by atoms with E-state index in [1.165, 1.54) is 116 Å². The first kappa shape index (κ1) is 33.1. The topological polar surface area (TPSA) is 9.86 Å². The highest BCUT2D eigenvalue weighted by Crippen LogP contribution is 2.48. The van der Waals surface area contributed by atoms with Gasteiger partial charge >= 0.3 is 0 Å². The molecule has 0 spiro atoms. The lowest BCUT2D eigenvalue weighted by Gasteiger charge is -2.10. The maximum Gasteiger partial charge on any atom is 0.0541 e. The van der Waals surface area contributed by atoms with Crippen LogP contribution in [0.5, 0.6) is 0 Å². The van der Waals surface area contributed by atoms with Gasteiger partial charge in [-0.3, -0.25) is 0 Å². The van der Waals surface area contributed by atoms with Gasteiger partial charge in [0.2, 0.25) is 0 Å². The van der Waals surface area contributed by atoms with Gasteiger partial charge in [-0.15, -0.1) is 0 Å². The standard InChI is InChI=1S/C58H36N2/c1-3-16-44(17-4-1)59-54-23-8-7-20-47(54)51-34-41(25-29-55(51)59)38-14-9-15-39(32-38)42-26-30-56-52(35-42)53-36-43(27-31-57(53)60(56)45-18-5-2-6-19-45)40-24-28-46-48-21-10-12-37-13-11-22-49(58(37)48)50(46)33-40/h1-36H. The zero-order valence-corrected chi connectivity index (χ0v) is 32.7. The van der Waals surface area contributed by atoms with Crippen LogP contribution in [-0.4, -0.2) is 9.13 Å². The summed E-state index contributed by atoms with van der Waals surface area (Å²) < 4.78 is 4.79. The van der Waals surface area contributed by atoms with Crippen LogP contribution < -0.4 is 0 Å². The van der Waals surface area contributed by atoms with Crippen molar-refractivity contribution in [3.8, 4) is 67.0 Å². The molecule has 10 aromatic carbocycles. The summed E-state index contributed by atoms with van der Waals surface area (Å²) in [6.45, 7) is 0. The van der Waals surface area contributed by atoms with Crippen LogP contribution in [0, 0.1) is 0 Å². The SMILES string of the molecule is c1ccc(-n2c3ccccc3c3cc(-c4cccc(-c5ccc6c(c5)c5cc(-c7ccc8c(c7)-c7cccc9cccc-8c79)ccc5n6-c5ccccc5)c4)ccc32)cc1. The molecule has 278 valence electrons. The van der Waals surface area contributed by atoms with E-state index in [1.807, 2.05) is 0 Å². The van der Waals surface area contributed by atoms with Crippen molar-refractivity contribution < 1.29 is 0 Å². The van der Waals surface area contributed by atoms with Crippen molar-refractivity contribution in [1.82, 2.24) is 9.13 Å². The molecule has 2 aromatic heterocycles. The Kier molecular flexibility index (Phi) is 7.05. The maximum absolute atomic E-state index is 2.41. The van der Waals surface area contributed by atoms with E-state index in [0.29, 0.717) is 0 Å². The van der Waals surface area contributed by atoms with Gasteiger partial charge in [0.25, 0.3) is 0 Å². The molecule has 13 rings (SSSR count). The maximum atomic E-state index is 2.41. The van der Waals surface area contributed by atoms with E-state index in [4.69, 9.17) is 0 Å². The van der Waals surface area contributed by atoms with Crippen molar-refractivity contribution in [2.75, 3.05) is 0 Å². The van der Waals surface area contributed by atoms with Crippen LogP contribution in [0.2, 0.25) is 0 Å². The molecule has 0 aliphatic heterocycles. The fourth-order valence-electron chi connectivity index (χ4n) is 10.1. The Morgan fingerprint density at radius 3 is 1.25 bits per heavy atom. The predicted octanol–water partition coefficient (Wildman–Crippen LogP) is 15.7. The molecule has 0 radical (unpaired) electrons. The number of aromatic nitrogens is 2. The van der Waals surface area contributed by atoms with Crippen LogP contribution in [-0.2, 0) is 0 Å². The predicted molar refractivity (Wildman–Crippen MR) is 253 cm³/mol. The molecule has 0 saturated carbocycles. The van der Waals surface area contributed by atoms with E-state index < -0.39 is 0 Å². The van der Waals surface area contributed by atoms with Crippen LogP contribution in [0.25, 0.3) is 121 Å². The van der Waals surface area contributed by atoms with E-state index in [1.54, 1.807) is 0 Å². The Balaban J connectivity index is 0.945. The second-order valence-corrected chi connectivity index (χ2v) is 16.1. The van der Waals surface area contributed by atoms with Gasteiger partial charge < -0.3 is 9.13 Å². The van der Waals surface area contributed by atoms with Gasteiger partial charge in [0.05, 0.1) is 22.1 Å². The molecule has 0 saturated heterocycles. The van der Waals surface area contributed by atoms with Gasteiger partial charge in [-0.2, -0.15) is 0 Å². The van der Waals surface area contributed by atoms with Gasteiger partial charge in [0.1, 0.15) is 0 Å². The number of para-hydroxylation sites is 3. The molecule has 0 amide bonds. The molecule has 0 N–H and O–H groups in total. The first-order valence-electron chi connectivity index (χ1n) is 20.8. The number of rotatable bonds is 5. The Bertz CT molecular complexity index is 3690. The van der Waals surface area contributed by atoms with E-state index in [-0.39, 0.29) is 0 Å². The molecule has 1 aliphatic carbocycles. The fourth-order valence-corrected chi connectivity index (χ4v) is 10.1. The molecule has 2 heteroatoms. The van der Waals surface area contributed by atoms with Crippen LogP contribution >= 0.6 is 0 Å². The third kappa shape index (κ3) is 4.88. The molecule has 2 nitrogen and oxygen atoms in total. The molecule has 0 bridgehead atoms. The van der Waals surface area contributed by atoms with Crippen molar-refractivity contribution >= 4 is 54.4 Å². The third-order valence-corrected chi connectivity index (χ3v) is 12.8. The number of nitrogens with zero attached hydrogens (tertiary/aromatic N) is 2. The monoisotopic (exact) mass is 760 g/mol. The minimum absolute atomic E-state index is 1.16. The largest absolute Gasteiger partial charge is 0.309 e. The normalized spacial score (nSPS) is 12.0. The molecule has 12 aromatic rings. The third-order valence-electron chi connectivity index (χ3n) is 12.8. The van der Waals surface area contributed by atoms with Crippen LogP contribution in [0.3, 0.4) is 0 Å². The van der Waals surface area contributed by atoms with Gasteiger partial charge in [-0.05, 0) is 145 Å². The van der Waals surface area contributed by atoms with Crippen LogP contribution in [0.15, 0.2) is 218 Å². The van der Waals surface area contributed by atoms with Gasteiger partial charge in [0.15, 0.2) is 0 Å². The summed E-state index contributed by atoms with van der Waals surface area (Å²) in [6, 6.07) is 80.5. The zero-order chi connectivity index (χ0) is 39.3. The van der Waals surface area contributed by atoms with Crippen LogP contribution in [0.4, 0.5) is 0 Å². The van der Waals surface area contributed by atoms with Crippen LogP contribution in [0.1, 0.15) is 0 Å². The molecule has 0 atom stereocenters. The minimum atomic E-state index is 1.16. The number of hydrogen-bond donors (Lipinski definition) is 0. The summed E-state index contributed by atoms with van der Waals surface area (Å²) in [5, 5.41) is 7.67. The molecular weight excluding hydrogens is 725 g/mol. The Hall–Kier alpha value is -7.94. The molecular formula is C58H36N2. The van der Waals surface area contributed by atoms with Gasteiger partial charge in [-0.25, -0.2) is 0 Å². The lowest BCUT2D eigenvalue weighted by Crippen LogP contribution is -1.93. The zero-order valence-electron chi connectivity index (χ0n) is 32.7. The van der Waals surface area contributed by atoms with E-state index in [9.17, 15) is 0 Å². The van der Waals surface area contributed by atoms with Crippen molar-refractivity contribution in [2.45, 2.75) is 0 Å². The summed E-state index contributed by atoms with van der Waals surface area (Å²) in [7, 11) is 0. The smallest absolute Gasteiger partial charge is 0.0541 e. The second-order valence-electron chi connectivity index (χ2n) is 16.1. The quantitative estimate of drug-likeness (QED) is 0.165. The molecule has 1 aliphatic rings. The number of benzene rings is 10. The first-order valence-corrected chi connectivity index (χ1v) is 20.8. The Morgan fingerprint density at radius 1 is 0.233 bits per heavy atom. The van der Waals surface area contributed by atoms with Crippen molar-refractivity contribution in [1.29, 1.82) is 0 Å². The highest BCUT2D eigenvalue weighted by molar-refractivity contribution is 6.16. The molecule has 0 fully saturated rings. The van der Waals surface area contributed by atoms with Crippen molar-refractivity contribution in [2.24, 2.45) is 0 Å². The summed E-state index contributed by atoms with van der Waals surface area (Å²) >= 11 is 0. The molecule has 2 heterocycles. The number of hydrogen-bond acceptors (Lipinski definition) is 0. The fraction of sp³-hybridized carbons (Fsp3) is 0. The second kappa shape index (κ2) is 12.8. The summed E-state index contributed by atoms with van der Waals surface area (Å²) in [5.41, 5.74) is 19.7. The Morgan fingerprint density at radius 2 is 0.667 bits per heavy atom. The van der Waals surface area contributed by atoms with E-state index in [2.05, 4.69) is 228 Å². The molecule has 0 unspecified atom stereocenters. The van der Waals surface area contributed by atoms with E-state index >= 15 is 0 Å². The summed E-state index contributed by atoms with van der Waals surface area (Å²) in [5.74, 6) is 0. The summed E-state index contributed by atoms with van der Waals surface area (Å²) in [6.07, 6.45) is 0. The van der Waals surface area contributed by atoms with Gasteiger partial charge in [-0.1, -0.05) is 140 Å². The van der Waals surface area contributed by atoms with Gasteiger partial charge in [0, 0.05) is 32.9 Å².